The van der Waals surface area contributed by atoms with E-state index in [4.69, 9.17) is 9.47 Å². The number of amides is 4. The van der Waals surface area contributed by atoms with E-state index in [0.29, 0.717) is 51.6 Å². The molecule has 12 heteroatoms. The summed E-state index contributed by atoms with van der Waals surface area (Å²) in [5, 5.41) is 5.84. The summed E-state index contributed by atoms with van der Waals surface area (Å²) < 4.78 is 11.0. The van der Waals surface area contributed by atoms with Gasteiger partial charge in [0.25, 0.3) is 0 Å². The highest BCUT2D eigenvalue weighted by Gasteiger charge is 2.49. The van der Waals surface area contributed by atoms with Crippen molar-refractivity contribution in [1.29, 1.82) is 0 Å². The highest BCUT2D eigenvalue weighted by molar-refractivity contribution is 5.96. The Balaban J connectivity index is 0.000000211. The monoisotopic (exact) mass is 758 g/mol. The minimum atomic E-state index is -0.645. The maximum Gasteiger partial charge on any atom is 0.245 e. The maximum atomic E-state index is 13.2. The van der Waals surface area contributed by atoms with Crippen molar-refractivity contribution in [3.8, 4) is 0 Å². The van der Waals surface area contributed by atoms with E-state index in [2.05, 4.69) is 10.6 Å². The van der Waals surface area contributed by atoms with Gasteiger partial charge in [0.1, 0.15) is 37.4 Å². The predicted molar refractivity (Wildman–Crippen MR) is 207 cm³/mol. The lowest BCUT2D eigenvalue weighted by Crippen LogP contribution is -2.53. The zero-order chi connectivity index (χ0) is 39.9. The molecule has 4 saturated heterocycles. The molecule has 2 N–H and O–H groups in total. The van der Waals surface area contributed by atoms with Crippen molar-refractivity contribution in [2.75, 3.05) is 26.3 Å². The van der Waals surface area contributed by atoms with Crippen molar-refractivity contribution in [2.45, 2.75) is 123 Å². The second-order valence-corrected chi connectivity index (χ2v) is 17.6. The Kier molecular flexibility index (Phi) is 13.7. The van der Waals surface area contributed by atoms with Crippen LogP contribution in [0.1, 0.15) is 84.8 Å². The number of ether oxygens (including phenoxy) is 2. The molecule has 0 spiro atoms. The number of aryl methyl sites for hydroxylation is 1. The number of nitrogens with zero attached hydrogens (tertiary/aromatic N) is 2. The number of hydrogen-bond acceptors (Lipinski definition) is 8. The maximum absolute atomic E-state index is 13.2. The molecule has 0 radical (unpaired) electrons. The minimum absolute atomic E-state index is 0.0410. The third-order valence-corrected chi connectivity index (χ3v) is 10.4. The van der Waals surface area contributed by atoms with Gasteiger partial charge in [-0.3, -0.25) is 28.8 Å². The van der Waals surface area contributed by atoms with E-state index in [1.807, 2.05) is 102 Å². The second kappa shape index (κ2) is 18.0. The average Bonchev–Trinajstić information content (AvgIpc) is 3.91. The number of carbonyl (C=O) groups is 6. The van der Waals surface area contributed by atoms with Gasteiger partial charge < -0.3 is 29.9 Å². The van der Waals surface area contributed by atoms with Crippen LogP contribution in [0, 0.1) is 10.8 Å². The molecular formula is C43H58N4O8. The van der Waals surface area contributed by atoms with Crippen LogP contribution < -0.4 is 10.6 Å². The van der Waals surface area contributed by atoms with Crippen LogP contribution >= 0.6 is 0 Å². The summed E-state index contributed by atoms with van der Waals surface area (Å²) in [6.45, 7) is 13.4. The third kappa shape index (κ3) is 11.5. The van der Waals surface area contributed by atoms with E-state index >= 15 is 0 Å². The summed E-state index contributed by atoms with van der Waals surface area (Å²) in [6.07, 6.45) is 3.16. The molecule has 4 amide bonds. The Morgan fingerprint density at radius 2 is 1.07 bits per heavy atom. The molecule has 6 unspecified atom stereocenters. The van der Waals surface area contributed by atoms with Gasteiger partial charge in [0.05, 0.1) is 18.6 Å². The second-order valence-electron chi connectivity index (χ2n) is 17.6. The molecule has 0 bridgehead atoms. The molecule has 6 atom stereocenters. The fourth-order valence-electron chi connectivity index (χ4n) is 7.90. The number of carbonyl (C=O) groups excluding carboxylic acids is 6. The fourth-order valence-corrected chi connectivity index (χ4v) is 7.90. The van der Waals surface area contributed by atoms with Crippen molar-refractivity contribution in [3.63, 3.8) is 0 Å². The van der Waals surface area contributed by atoms with Crippen molar-refractivity contribution >= 4 is 35.2 Å². The van der Waals surface area contributed by atoms with Crippen LogP contribution in [0.15, 0.2) is 60.7 Å². The molecule has 4 heterocycles. The van der Waals surface area contributed by atoms with Crippen LogP contribution in [0.25, 0.3) is 0 Å². The largest absolute Gasteiger partial charge is 0.368 e. The molecule has 0 aliphatic carbocycles. The molecule has 2 aromatic rings. The van der Waals surface area contributed by atoms with Gasteiger partial charge in [-0.2, -0.15) is 0 Å². The first-order valence-electron chi connectivity index (χ1n) is 19.6. The molecule has 4 aliphatic rings. The first-order chi connectivity index (χ1) is 26.0. The molecule has 4 fully saturated rings. The van der Waals surface area contributed by atoms with Gasteiger partial charge in [-0.1, -0.05) is 102 Å². The van der Waals surface area contributed by atoms with Gasteiger partial charge in [-0.25, -0.2) is 0 Å². The molecule has 2 aromatic carbocycles. The smallest absolute Gasteiger partial charge is 0.245 e. The number of likely N-dealkylation sites (tertiary alicyclic amines) is 2. The van der Waals surface area contributed by atoms with Crippen molar-refractivity contribution in [2.24, 2.45) is 10.8 Å². The Hall–Kier alpha value is -4.42. The SMILES string of the molecule is CC(C)(C)CC(NC(=O)CCc1ccccc1)C(=O)N1CCC2OCC(=O)C21.CC(C)(C)CC(NC(=O)Cc1ccccc1)C(=O)N1CCC2OCC(=O)C21. The van der Waals surface area contributed by atoms with E-state index in [1.54, 1.807) is 9.80 Å². The number of nitrogens with one attached hydrogen (secondary N) is 2. The number of rotatable bonds is 11. The molecule has 4 aliphatic heterocycles. The molecule has 0 saturated carbocycles. The summed E-state index contributed by atoms with van der Waals surface area (Å²) in [5.41, 5.74) is 1.71. The van der Waals surface area contributed by atoms with Crippen LogP contribution in [0.3, 0.4) is 0 Å². The van der Waals surface area contributed by atoms with Gasteiger partial charge >= 0.3 is 0 Å². The quantitative estimate of drug-likeness (QED) is 0.351. The summed E-state index contributed by atoms with van der Waals surface area (Å²) in [4.78, 5) is 79.0. The number of hydrogen-bond donors (Lipinski definition) is 2. The van der Waals surface area contributed by atoms with Gasteiger partial charge in [-0.05, 0) is 54.1 Å². The Morgan fingerprint density at radius 3 is 1.51 bits per heavy atom. The molecule has 0 aromatic heterocycles. The van der Waals surface area contributed by atoms with Gasteiger partial charge in [0.2, 0.25) is 23.6 Å². The molecular weight excluding hydrogens is 700 g/mol. The highest BCUT2D eigenvalue weighted by atomic mass is 16.5. The molecule has 6 rings (SSSR count). The third-order valence-electron chi connectivity index (χ3n) is 10.4. The summed E-state index contributed by atoms with van der Waals surface area (Å²) in [7, 11) is 0. The first-order valence-corrected chi connectivity index (χ1v) is 19.6. The molecule has 55 heavy (non-hydrogen) atoms. The number of Topliss-reactive ketones (excluding diaryl/α,β-unsaturated/α-hetero) is 2. The summed E-state index contributed by atoms with van der Waals surface area (Å²) >= 11 is 0. The van der Waals surface area contributed by atoms with E-state index < -0.39 is 24.2 Å². The van der Waals surface area contributed by atoms with Crippen LogP contribution in [-0.4, -0.2) is 108 Å². The number of benzene rings is 2. The summed E-state index contributed by atoms with van der Waals surface area (Å²) in [5.74, 6) is -0.770. The highest BCUT2D eigenvalue weighted by Crippen LogP contribution is 2.31. The van der Waals surface area contributed by atoms with Gasteiger partial charge in [0.15, 0.2) is 11.6 Å². The lowest BCUT2D eigenvalue weighted by Gasteiger charge is -2.31. The van der Waals surface area contributed by atoms with Crippen LogP contribution in [0.5, 0.6) is 0 Å². The average molecular weight is 759 g/mol. The van der Waals surface area contributed by atoms with Crippen molar-refractivity contribution in [3.05, 3.63) is 71.8 Å². The normalized spacial score (nSPS) is 23.0. The van der Waals surface area contributed by atoms with Gasteiger partial charge in [0, 0.05) is 19.5 Å². The Morgan fingerprint density at radius 1 is 0.655 bits per heavy atom. The standard InChI is InChI=1S/C22H30N2O4.C21H28N2O4/c1-22(2,3)13-16(23-19(26)10-9-15-7-5-4-6-8-15)21(27)24-12-11-18-20(24)17(25)14-28-18;1-21(2,3)12-15(22-18(25)11-14-7-5-4-6-8-14)20(26)23-10-9-17-19(23)16(24)13-27-17/h4-8,16,18,20H,9-14H2,1-3H3,(H,23,26);4-8,15,17,19H,9-13H2,1-3H3,(H,22,25). The first kappa shape index (κ1) is 41.7. The number of fused-ring (bicyclic) bond motifs is 2. The topological polar surface area (TPSA) is 151 Å². The van der Waals surface area contributed by atoms with Crippen LogP contribution in [0.4, 0.5) is 0 Å². The van der Waals surface area contributed by atoms with Gasteiger partial charge in [-0.15, -0.1) is 0 Å². The van der Waals surface area contributed by atoms with E-state index in [1.165, 1.54) is 0 Å². The summed E-state index contributed by atoms with van der Waals surface area (Å²) in [6, 6.07) is 17.0. The zero-order valence-electron chi connectivity index (χ0n) is 33.2. The lowest BCUT2D eigenvalue weighted by molar-refractivity contribution is -0.140. The lowest BCUT2D eigenvalue weighted by atomic mass is 9.87. The van der Waals surface area contributed by atoms with Crippen LogP contribution in [0.2, 0.25) is 0 Å². The van der Waals surface area contributed by atoms with Crippen molar-refractivity contribution in [1.82, 2.24) is 20.4 Å². The fraction of sp³-hybridized carbons (Fsp3) is 0.581. The van der Waals surface area contributed by atoms with E-state index in [0.717, 1.165) is 11.1 Å². The molecule has 298 valence electrons. The van der Waals surface area contributed by atoms with Crippen LogP contribution in [-0.2, 0) is 51.1 Å². The zero-order valence-corrected chi connectivity index (χ0v) is 33.2. The molecule has 12 nitrogen and oxygen atoms in total. The predicted octanol–water partition coefficient (Wildman–Crippen LogP) is 3.83. The number of ketones is 2. The van der Waals surface area contributed by atoms with E-state index in [9.17, 15) is 28.8 Å². The Bertz CT molecular complexity index is 1690. The Labute approximate surface area is 325 Å². The minimum Gasteiger partial charge on any atom is -0.368 e. The van der Waals surface area contributed by atoms with Crippen molar-refractivity contribution < 1.29 is 38.2 Å². The van der Waals surface area contributed by atoms with E-state index in [-0.39, 0.29) is 77.9 Å².